The van der Waals surface area contributed by atoms with Crippen LogP contribution in [0.5, 0.6) is 0 Å². The lowest BCUT2D eigenvalue weighted by atomic mass is 10.00. The Morgan fingerprint density at radius 1 is 1.00 bits per heavy atom. The summed E-state index contributed by atoms with van der Waals surface area (Å²) in [6, 6.07) is 17.4. The lowest BCUT2D eigenvalue weighted by Gasteiger charge is -2.17. The summed E-state index contributed by atoms with van der Waals surface area (Å²) < 4.78 is 5.70. The highest BCUT2D eigenvalue weighted by Gasteiger charge is 2.19. The van der Waals surface area contributed by atoms with Gasteiger partial charge in [-0.15, -0.1) is 0 Å². The molecular formula is C25H31NO2. The Kier molecular flexibility index (Phi) is 9.28. The molecule has 2 aromatic rings. The number of nitrogens with zero attached hydrogens (tertiary/aromatic N) is 1. The molecule has 1 unspecified atom stereocenters. The summed E-state index contributed by atoms with van der Waals surface area (Å²) in [6.45, 7) is 4.21. The van der Waals surface area contributed by atoms with Crippen molar-refractivity contribution in [3.8, 4) is 6.07 Å². The first-order valence-corrected chi connectivity index (χ1v) is 10.5. The smallest absolute Gasteiger partial charge is 0.340 e. The van der Waals surface area contributed by atoms with Gasteiger partial charge in [0.05, 0.1) is 11.1 Å². The van der Waals surface area contributed by atoms with Crippen LogP contribution >= 0.6 is 0 Å². The Morgan fingerprint density at radius 3 is 2.39 bits per heavy atom. The number of ether oxygens (including phenoxy) is 1. The third-order valence-corrected chi connectivity index (χ3v) is 5.03. The van der Waals surface area contributed by atoms with Crippen LogP contribution in [0.3, 0.4) is 0 Å². The van der Waals surface area contributed by atoms with Crippen LogP contribution < -0.4 is 0 Å². The van der Waals surface area contributed by atoms with Crippen molar-refractivity contribution in [3.63, 3.8) is 0 Å². The van der Waals surface area contributed by atoms with E-state index in [1.54, 1.807) is 6.07 Å². The van der Waals surface area contributed by atoms with Crippen LogP contribution in [-0.2, 0) is 11.2 Å². The molecule has 0 radical (unpaired) electrons. The quantitative estimate of drug-likeness (QED) is 0.321. The molecule has 0 aliphatic carbocycles. The lowest BCUT2D eigenvalue weighted by Crippen LogP contribution is -2.12. The molecule has 0 fully saturated rings. The molecular weight excluding hydrogens is 346 g/mol. The van der Waals surface area contributed by atoms with E-state index in [0.29, 0.717) is 17.5 Å². The molecule has 0 aliphatic heterocycles. The Balaban J connectivity index is 1.99. The van der Waals surface area contributed by atoms with E-state index in [1.807, 2.05) is 49.4 Å². The zero-order valence-electron chi connectivity index (χ0n) is 17.1. The average Bonchev–Trinajstić information content (AvgIpc) is 2.74. The van der Waals surface area contributed by atoms with Crippen LogP contribution in [0.4, 0.5) is 0 Å². The number of aryl methyl sites for hydroxylation is 1. The van der Waals surface area contributed by atoms with E-state index in [2.05, 4.69) is 13.0 Å². The molecule has 0 aromatic heterocycles. The van der Waals surface area contributed by atoms with E-state index in [1.165, 1.54) is 32.1 Å². The van der Waals surface area contributed by atoms with E-state index in [9.17, 15) is 10.1 Å². The van der Waals surface area contributed by atoms with E-state index in [-0.39, 0.29) is 6.10 Å². The number of benzene rings is 2. The monoisotopic (exact) mass is 377 g/mol. The summed E-state index contributed by atoms with van der Waals surface area (Å²) in [5.74, 6) is -0.432. The highest BCUT2D eigenvalue weighted by molar-refractivity contribution is 5.92. The van der Waals surface area contributed by atoms with E-state index in [4.69, 9.17) is 4.74 Å². The van der Waals surface area contributed by atoms with Crippen molar-refractivity contribution < 1.29 is 9.53 Å². The molecule has 148 valence electrons. The van der Waals surface area contributed by atoms with Gasteiger partial charge >= 0.3 is 5.97 Å². The van der Waals surface area contributed by atoms with Gasteiger partial charge in [0.1, 0.15) is 12.2 Å². The zero-order valence-corrected chi connectivity index (χ0v) is 17.1. The maximum Gasteiger partial charge on any atom is 0.340 e. The molecule has 28 heavy (non-hydrogen) atoms. The van der Waals surface area contributed by atoms with Gasteiger partial charge in [0.2, 0.25) is 0 Å². The molecule has 0 spiro atoms. The van der Waals surface area contributed by atoms with Gasteiger partial charge in [0.25, 0.3) is 0 Å². The van der Waals surface area contributed by atoms with E-state index >= 15 is 0 Å². The maximum atomic E-state index is 12.7. The van der Waals surface area contributed by atoms with Crippen molar-refractivity contribution in [1.29, 1.82) is 5.26 Å². The lowest BCUT2D eigenvalue weighted by molar-refractivity contribution is 0.0287. The Labute approximate surface area is 169 Å². The molecule has 0 aliphatic rings. The summed E-state index contributed by atoms with van der Waals surface area (Å²) in [6.07, 6.45) is 8.77. The topological polar surface area (TPSA) is 50.1 Å². The van der Waals surface area contributed by atoms with Crippen molar-refractivity contribution in [2.45, 2.75) is 71.3 Å². The number of rotatable bonds is 11. The van der Waals surface area contributed by atoms with Gasteiger partial charge in [-0.05, 0) is 42.5 Å². The number of unbranched alkanes of at least 4 members (excludes halogenated alkanes) is 5. The third kappa shape index (κ3) is 6.53. The first-order chi connectivity index (χ1) is 13.7. The Morgan fingerprint density at radius 2 is 1.71 bits per heavy atom. The van der Waals surface area contributed by atoms with Crippen LogP contribution in [-0.4, -0.2) is 5.97 Å². The van der Waals surface area contributed by atoms with E-state index in [0.717, 1.165) is 24.0 Å². The van der Waals surface area contributed by atoms with Gasteiger partial charge in [0.15, 0.2) is 0 Å². The van der Waals surface area contributed by atoms with Crippen LogP contribution in [0, 0.1) is 11.3 Å². The van der Waals surface area contributed by atoms with Crippen molar-refractivity contribution in [1.82, 2.24) is 0 Å². The number of carbonyl (C=O) groups is 1. The first-order valence-electron chi connectivity index (χ1n) is 10.5. The summed E-state index contributed by atoms with van der Waals surface area (Å²) in [7, 11) is 0. The third-order valence-electron chi connectivity index (χ3n) is 5.03. The average molecular weight is 378 g/mol. The maximum absolute atomic E-state index is 12.7. The predicted octanol–water partition coefficient (Wildman–Crippen LogP) is 6.77. The Hall–Kier alpha value is -2.60. The Bertz CT molecular complexity index is 777. The van der Waals surface area contributed by atoms with Gasteiger partial charge in [-0.2, -0.15) is 5.26 Å². The predicted molar refractivity (Wildman–Crippen MR) is 113 cm³/mol. The number of esters is 1. The van der Waals surface area contributed by atoms with Crippen molar-refractivity contribution in [2.24, 2.45) is 0 Å². The van der Waals surface area contributed by atoms with Crippen LogP contribution in [0.15, 0.2) is 48.5 Å². The minimum Gasteiger partial charge on any atom is -0.454 e. The molecule has 0 N–H and O–H groups in total. The standard InChI is InChI=1S/C25H31NO2/c1-3-5-6-7-8-10-13-20-16-17-23(22(18-20)19-26)25(27)28-24(4-2)21-14-11-9-12-15-21/h9,11-12,14-18,24H,3-8,10,13H2,1-2H3. The molecule has 2 rings (SSSR count). The number of nitriles is 1. The van der Waals surface area contributed by atoms with Crippen LogP contribution in [0.25, 0.3) is 0 Å². The fourth-order valence-electron chi connectivity index (χ4n) is 3.37. The van der Waals surface area contributed by atoms with Gasteiger partial charge in [-0.25, -0.2) is 4.79 Å². The van der Waals surface area contributed by atoms with Crippen LogP contribution in [0.1, 0.15) is 91.9 Å². The second kappa shape index (κ2) is 12.0. The van der Waals surface area contributed by atoms with Crippen molar-refractivity contribution >= 4 is 5.97 Å². The summed E-state index contributed by atoms with van der Waals surface area (Å²) in [5, 5.41) is 9.51. The summed E-state index contributed by atoms with van der Waals surface area (Å²) in [4.78, 5) is 12.7. The summed E-state index contributed by atoms with van der Waals surface area (Å²) >= 11 is 0. The van der Waals surface area contributed by atoms with Gasteiger partial charge in [-0.1, -0.05) is 82.3 Å². The largest absolute Gasteiger partial charge is 0.454 e. The van der Waals surface area contributed by atoms with E-state index < -0.39 is 5.97 Å². The van der Waals surface area contributed by atoms with Crippen molar-refractivity contribution in [2.75, 3.05) is 0 Å². The van der Waals surface area contributed by atoms with Gasteiger partial charge in [0, 0.05) is 0 Å². The highest BCUT2D eigenvalue weighted by atomic mass is 16.5. The molecule has 1 atom stereocenters. The molecule has 0 amide bonds. The second-order valence-corrected chi connectivity index (χ2v) is 7.22. The highest BCUT2D eigenvalue weighted by Crippen LogP contribution is 2.24. The zero-order chi connectivity index (χ0) is 20.2. The van der Waals surface area contributed by atoms with Crippen molar-refractivity contribution in [3.05, 3.63) is 70.8 Å². The second-order valence-electron chi connectivity index (χ2n) is 7.22. The molecule has 0 saturated heterocycles. The molecule has 0 heterocycles. The number of hydrogen-bond donors (Lipinski definition) is 0. The number of carbonyl (C=O) groups excluding carboxylic acids is 1. The molecule has 3 heteroatoms. The van der Waals surface area contributed by atoms with Gasteiger partial charge < -0.3 is 4.74 Å². The SMILES string of the molecule is CCCCCCCCc1ccc(C(=O)OC(CC)c2ccccc2)c(C#N)c1. The fraction of sp³-hybridized carbons (Fsp3) is 0.440. The first kappa shape index (κ1) is 21.7. The molecule has 0 bridgehead atoms. The minimum atomic E-state index is -0.432. The molecule has 0 saturated carbocycles. The number of hydrogen-bond acceptors (Lipinski definition) is 3. The molecule has 2 aromatic carbocycles. The molecule has 3 nitrogen and oxygen atoms in total. The van der Waals surface area contributed by atoms with Gasteiger partial charge in [-0.3, -0.25) is 0 Å². The minimum absolute atomic E-state index is 0.303. The van der Waals surface area contributed by atoms with Crippen LogP contribution in [0.2, 0.25) is 0 Å². The fourth-order valence-corrected chi connectivity index (χ4v) is 3.37. The normalized spacial score (nSPS) is 11.6. The summed E-state index contributed by atoms with van der Waals surface area (Å²) in [5.41, 5.74) is 2.83.